The molecule has 1 aliphatic heterocycles. The minimum absolute atomic E-state index is 0.128. The molecule has 1 aromatic heterocycles. The Kier molecular flexibility index (Phi) is 5.95. The molecule has 1 amide bonds. The molecular formula is C18H22N2O4S2. The molecule has 0 bridgehead atoms. The summed E-state index contributed by atoms with van der Waals surface area (Å²) in [5.41, 5.74) is 0.587. The fourth-order valence-electron chi connectivity index (χ4n) is 3.18. The second-order valence-corrected chi connectivity index (χ2v) is 9.22. The van der Waals surface area contributed by atoms with Crippen LogP contribution in [0.25, 0.3) is 0 Å². The van der Waals surface area contributed by atoms with Crippen molar-refractivity contribution in [1.82, 2.24) is 4.31 Å². The van der Waals surface area contributed by atoms with Gasteiger partial charge < -0.3 is 10.1 Å². The molecule has 26 heavy (non-hydrogen) atoms. The number of carbonyl (C=O) groups excluding carboxylic acids is 1. The van der Waals surface area contributed by atoms with Crippen molar-refractivity contribution in [3.8, 4) is 5.75 Å². The Balaban J connectivity index is 1.73. The van der Waals surface area contributed by atoms with Gasteiger partial charge in [0.25, 0.3) is 10.0 Å². The number of ether oxygens (including phenoxy) is 1. The van der Waals surface area contributed by atoms with Crippen LogP contribution < -0.4 is 10.1 Å². The SMILES string of the molecule is COc1ccccc1NC(=O)C[C@@H]1CCCCN1S(=O)(=O)c1cccs1. The van der Waals surface area contributed by atoms with Crippen LogP contribution in [0.15, 0.2) is 46.0 Å². The maximum Gasteiger partial charge on any atom is 0.252 e. The van der Waals surface area contributed by atoms with Gasteiger partial charge in [0.2, 0.25) is 5.91 Å². The Hall–Kier alpha value is -1.90. The summed E-state index contributed by atoms with van der Waals surface area (Å²) in [6.07, 6.45) is 2.55. The fourth-order valence-corrected chi connectivity index (χ4v) is 6.00. The molecule has 1 aliphatic rings. The molecule has 1 saturated heterocycles. The summed E-state index contributed by atoms with van der Waals surface area (Å²) < 4.78 is 32.8. The summed E-state index contributed by atoms with van der Waals surface area (Å²) in [4.78, 5) is 12.5. The van der Waals surface area contributed by atoms with Crippen LogP contribution in [-0.2, 0) is 14.8 Å². The van der Waals surface area contributed by atoms with Gasteiger partial charge in [-0.3, -0.25) is 4.79 Å². The maximum absolute atomic E-state index is 12.9. The van der Waals surface area contributed by atoms with E-state index in [0.29, 0.717) is 28.6 Å². The van der Waals surface area contributed by atoms with Crippen LogP contribution in [-0.4, -0.2) is 38.3 Å². The highest BCUT2D eigenvalue weighted by Crippen LogP contribution is 2.30. The molecule has 1 fully saturated rings. The van der Waals surface area contributed by atoms with E-state index in [1.807, 2.05) is 12.1 Å². The van der Waals surface area contributed by atoms with Gasteiger partial charge in [-0.2, -0.15) is 4.31 Å². The quantitative estimate of drug-likeness (QED) is 0.815. The van der Waals surface area contributed by atoms with Crippen LogP contribution in [0.3, 0.4) is 0 Å². The van der Waals surface area contributed by atoms with Gasteiger partial charge in [0.15, 0.2) is 0 Å². The van der Waals surface area contributed by atoms with Crippen molar-refractivity contribution in [2.24, 2.45) is 0 Å². The highest BCUT2D eigenvalue weighted by Gasteiger charge is 2.35. The number of para-hydroxylation sites is 2. The van der Waals surface area contributed by atoms with Gasteiger partial charge in [0.05, 0.1) is 12.8 Å². The third kappa shape index (κ3) is 4.08. The average Bonchev–Trinajstić information content (AvgIpc) is 3.18. The number of benzene rings is 1. The minimum atomic E-state index is -3.55. The third-order valence-corrected chi connectivity index (χ3v) is 7.76. The highest BCUT2D eigenvalue weighted by molar-refractivity contribution is 7.91. The van der Waals surface area contributed by atoms with Gasteiger partial charge in [-0.15, -0.1) is 11.3 Å². The number of amides is 1. The van der Waals surface area contributed by atoms with E-state index >= 15 is 0 Å². The first-order chi connectivity index (χ1) is 12.5. The van der Waals surface area contributed by atoms with Crippen molar-refractivity contribution in [2.75, 3.05) is 19.0 Å². The van der Waals surface area contributed by atoms with Gasteiger partial charge >= 0.3 is 0 Å². The van der Waals surface area contributed by atoms with Gasteiger partial charge in [-0.25, -0.2) is 8.42 Å². The Morgan fingerprint density at radius 1 is 1.27 bits per heavy atom. The van der Waals surface area contributed by atoms with Gasteiger partial charge in [0, 0.05) is 19.0 Å². The van der Waals surface area contributed by atoms with Crippen LogP contribution in [0.4, 0.5) is 5.69 Å². The second-order valence-electron chi connectivity index (χ2n) is 6.15. The van der Waals surface area contributed by atoms with E-state index in [0.717, 1.165) is 12.8 Å². The largest absolute Gasteiger partial charge is 0.495 e. The minimum Gasteiger partial charge on any atom is -0.495 e. The van der Waals surface area contributed by atoms with E-state index in [2.05, 4.69) is 5.32 Å². The number of anilines is 1. The maximum atomic E-state index is 12.9. The lowest BCUT2D eigenvalue weighted by atomic mass is 10.0. The summed E-state index contributed by atoms with van der Waals surface area (Å²) >= 11 is 1.21. The van der Waals surface area contributed by atoms with Crippen LogP contribution in [0.2, 0.25) is 0 Å². The van der Waals surface area contributed by atoms with Crippen molar-refractivity contribution in [3.63, 3.8) is 0 Å². The summed E-state index contributed by atoms with van der Waals surface area (Å²) in [6, 6.07) is 10.2. The number of hydrogen-bond acceptors (Lipinski definition) is 5. The van der Waals surface area contributed by atoms with Crippen LogP contribution >= 0.6 is 11.3 Å². The molecular weight excluding hydrogens is 372 g/mol. The fraction of sp³-hybridized carbons (Fsp3) is 0.389. The molecule has 1 N–H and O–H groups in total. The first-order valence-corrected chi connectivity index (χ1v) is 10.8. The van der Waals surface area contributed by atoms with Crippen molar-refractivity contribution < 1.29 is 17.9 Å². The number of thiophene rings is 1. The first-order valence-electron chi connectivity index (χ1n) is 8.50. The molecule has 2 aromatic rings. The molecule has 0 aliphatic carbocycles. The van der Waals surface area contributed by atoms with Gasteiger partial charge in [-0.05, 0) is 36.4 Å². The van der Waals surface area contributed by atoms with E-state index in [1.54, 1.807) is 36.8 Å². The van der Waals surface area contributed by atoms with Crippen molar-refractivity contribution >= 4 is 33.0 Å². The lowest BCUT2D eigenvalue weighted by Crippen LogP contribution is -2.45. The number of methoxy groups -OCH3 is 1. The second kappa shape index (κ2) is 8.20. The number of carbonyl (C=O) groups is 1. The number of sulfonamides is 1. The zero-order valence-corrected chi connectivity index (χ0v) is 16.2. The third-order valence-electron chi connectivity index (χ3n) is 4.43. The standard InChI is InChI=1S/C18H22N2O4S2/c1-24-16-9-3-2-8-15(16)19-17(21)13-14-7-4-5-11-20(14)26(22,23)18-10-6-12-25-18/h2-3,6,8-10,12,14H,4-5,7,11,13H2,1H3,(H,19,21)/t14-/m0/s1. The molecule has 6 nitrogen and oxygen atoms in total. The van der Waals surface area contributed by atoms with E-state index in [1.165, 1.54) is 15.6 Å². The molecule has 0 saturated carbocycles. The van der Waals surface area contributed by atoms with Gasteiger partial charge in [-0.1, -0.05) is 24.6 Å². The topological polar surface area (TPSA) is 75.7 Å². The highest BCUT2D eigenvalue weighted by atomic mass is 32.2. The lowest BCUT2D eigenvalue weighted by molar-refractivity contribution is -0.117. The first kappa shape index (κ1) is 18.9. The molecule has 8 heteroatoms. The summed E-state index contributed by atoms with van der Waals surface area (Å²) in [5, 5.41) is 4.58. The Bertz CT molecular complexity index is 850. The predicted octanol–water partition coefficient (Wildman–Crippen LogP) is 3.33. The van der Waals surface area contributed by atoms with E-state index in [4.69, 9.17) is 4.74 Å². The lowest BCUT2D eigenvalue weighted by Gasteiger charge is -2.34. The van der Waals surface area contributed by atoms with Crippen LogP contribution in [0.1, 0.15) is 25.7 Å². The molecule has 140 valence electrons. The Labute approximate surface area is 157 Å². The zero-order chi connectivity index (χ0) is 18.6. The summed E-state index contributed by atoms with van der Waals surface area (Å²) in [5.74, 6) is 0.361. The molecule has 2 heterocycles. The summed E-state index contributed by atoms with van der Waals surface area (Å²) in [7, 11) is -2.01. The number of nitrogens with zero attached hydrogens (tertiary/aromatic N) is 1. The molecule has 3 rings (SSSR count). The van der Waals surface area contributed by atoms with E-state index < -0.39 is 10.0 Å². The smallest absolute Gasteiger partial charge is 0.252 e. The van der Waals surface area contributed by atoms with Gasteiger partial charge in [0.1, 0.15) is 9.96 Å². The van der Waals surface area contributed by atoms with Crippen molar-refractivity contribution in [2.45, 2.75) is 35.9 Å². The molecule has 0 radical (unpaired) electrons. The number of nitrogens with one attached hydrogen (secondary N) is 1. The van der Waals surface area contributed by atoms with Crippen molar-refractivity contribution in [1.29, 1.82) is 0 Å². The zero-order valence-electron chi connectivity index (χ0n) is 14.6. The number of rotatable bonds is 6. The normalized spacial score (nSPS) is 18.4. The predicted molar refractivity (Wildman–Crippen MR) is 102 cm³/mol. The molecule has 1 atom stereocenters. The molecule has 0 spiro atoms. The van der Waals surface area contributed by atoms with E-state index in [9.17, 15) is 13.2 Å². The molecule has 1 aromatic carbocycles. The summed E-state index contributed by atoms with van der Waals surface area (Å²) in [6.45, 7) is 0.451. The number of hydrogen-bond donors (Lipinski definition) is 1. The van der Waals surface area contributed by atoms with Crippen LogP contribution in [0.5, 0.6) is 5.75 Å². The monoisotopic (exact) mass is 394 g/mol. The Morgan fingerprint density at radius 2 is 2.08 bits per heavy atom. The Morgan fingerprint density at radius 3 is 2.81 bits per heavy atom. The average molecular weight is 395 g/mol. The van der Waals surface area contributed by atoms with Crippen molar-refractivity contribution in [3.05, 3.63) is 41.8 Å². The van der Waals surface area contributed by atoms with Crippen LogP contribution in [0, 0.1) is 0 Å². The van der Waals surface area contributed by atoms with E-state index in [-0.39, 0.29) is 18.4 Å². The number of piperidine rings is 1. The molecule has 0 unspecified atom stereocenters.